The number of nitrogens with one attached hydrogen (secondary N) is 1. The number of nitrogens with zero attached hydrogens (tertiary/aromatic N) is 1. The molecule has 0 atom stereocenters. The van der Waals surface area contributed by atoms with E-state index in [4.69, 9.17) is 4.42 Å². The molecule has 0 saturated heterocycles. The van der Waals surface area contributed by atoms with E-state index in [-0.39, 0.29) is 0 Å². The fraction of sp³-hybridized carbons (Fsp3) is 0.267. The average molecular weight is 240 g/mol. The van der Waals surface area contributed by atoms with Gasteiger partial charge in [0.1, 0.15) is 17.3 Å². The summed E-state index contributed by atoms with van der Waals surface area (Å²) in [5.74, 6) is 2.69. The van der Waals surface area contributed by atoms with E-state index >= 15 is 0 Å². The lowest BCUT2D eigenvalue weighted by atomic mass is 10.1. The van der Waals surface area contributed by atoms with Crippen LogP contribution in [0.15, 0.2) is 22.6 Å². The predicted molar refractivity (Wildman–Crippen MR) is 72.7 cm³/mol. The van der Waals surface area contributed by atoms with Crippen molar-refractivity contribution in [1.29, 1.82) is 0 Å². The molecular formula is C15H16N2O. The van der Waals surface area contributed by atoms with Crippen molar-refractivity contribution in [2.45, 2.75) is 27.7 Å². The Labute approximate surface area is 106 Å². The van der Waals surface area contributed by atoms with Gasteiger partial charge >= 0.3 is 0 Å². The normalized spacial score (nSPS) is 11.3. The zero-order valence-electron chi connectivity index (χ0n) is 11.1. The Hall–Kier alpha value is -2.03. The number of hydrogen-bond donors (Lipinski definition) is 1. The Balaban J connectivity index is 2.22. The molecule has 18 heavy (non-hydrogen) atoms. The summed E-state index contributed by atoms with van der Waals surface area (Å²) in [5, 5.41) is 0. The molecule has 2 heterocycles. The van der Waals surface area contributed by atoms with Crippen molar-refractivity contribution in [3.05, 3.63) is 40.8 Å². The smallest absolute Gasteiger partial charge is 0.142 e. The van der Waals surface area contributed by atoms with Crippen molar-refractivity contribution in [2.24, 2.45) is 0 Å². The molecule has 1 aromatic carbocycles. The van der Waals surface area contributed by atoms with Crippen molar-refractivity contribution in [2.75, 3.05) is 0 Å². The van der Waals surface area contributed by atoms with Crippen LogP contribution >= 0.6 is 0 Å². The Morgan fingerprint density at radius 1 is 1.00 bits per heavy atom. The van der Waals surface area contributed by atoms with Crippen molar-refractivity contribution in [3.63, 3.8) is 0 Å². The van der Waals surface area contributed by atoms with Crippen LogP contribution in [0.3, 0.4) is 0 Å². The van der Waals surface area contributed by atoms with Crippen LogP contribution in [-0.4, -0.2) is 9.97 Å². The van der Waals surface area contributed by atoms with E-state index in [2.05, 4.69) is 35.9 Å². The number of fused-ring (bicyclic) bond motifs is 1. The minimum absolute atomic E-state index is 0.879. The summed E-state index contributed by atoms with van der Waals surface area (Å²) in [6, 6.07) is 6.28. The average Bonchev–Trinajstić information content (AvgIpc) is 2.82. The number of aromatic amines is 1. The van der Waals surface area contributed by atoms with Gasteiger partial charge in [-0.25, -0.2) is 4.98 Å². The minimum atomic E-state index is 0.879. The molecule has 0 unspecified atom stereocenters. The van der Waals surface area contributed by atoms with Gasteiger partial charge in [0.05, 0.1) is 16.6 Å². The van der Waals surface area contributed by atoms with Crippen LogP contribution < -0.4 is 0 Å². The van der Waals surface area contributed by atoms with E-state index in [1.165, 1.54) is 11.1 Å². The van der Waals surface area contributed by atoms with E-state index in [1.54, 1.807) is 0 Å². The zero-order chi connectivity index (χ0) is 12.9. The van der Waals surface area contributed by atoms with Crippen LogP contribution in [0.25, 0.3) is 22.4 Å². The van der Waals surface area contributed by atoms with Crippen LogP contribution in [0.4, 0.5) is 0 Å². The van der Waals surface area contributed by atoms with Gasteiger partial charge in [-0.05, 0) is 57.0 Å². The van der Waals surface area contributed by atoms with Crippen molar-refractivity contribution >= 4 is 11.0 Å². The molecule has 2 aromatic heterocycles. The topological polar surface area (TPSA) is 41.8 Å². The second-order valence-electron chi connectivity index (χ2n) is 4.87. The van der Waals surface area contributed by atoms with Crippen molar-refractivity contribution in [3.8, 4) is 11.4 Å². The van der Waals surface area contributed by atoms with Crippen LogP contribution in [0, 0.1) is 27.7 Å². The Morgan fingerprint density at radius 3 is 2.39 bits per heavy atom. The van der Waals surface area contributed by atoms with Crippen molar-refractivity contribution in [1.82, 2.24) is 9.97 Å². The number of H-pyrrole nitrogens is 1. The van der Waals surface area contributed by atoms with E-state index in [0.717, 1.165) is 33.9 Å². The second kappa shape index (κ2) is 3.73. The molecule has 3 rings (SSSR count). The van der Waals surface area contributed by atoms with Crippen LogP contribution in [0.2, 0.25) is 0 Å². The van der Waals surface area contributed by atoms with Crippen LogP contribution in [0.1, 0.15) is 22.6 Å². The summed E-state index contributed by atoms with van der Waals surface area (Å²) < 4.78 is 5.55. The van der Waals surface area contributed by atoms with E-state index in [0.29, 0.717) is 0 Å². The molecule has 0 amide bonds. The van der Waals surface area contributed by atoms with Crippen LogP contribution in [-0.2, 0) is 0 Å². The Kier molecular flexibility index (Phi) is 2.30. The SMILES string of the molecule is Cc1cc(-c2nc3cc(C)c(C)cc3[nH]2)c(C)o1. The lowest BCUT2D eigenvalue weighted by Gasteiger charge is -1.97. The highest BCUT2D eigenvalue weighted by atomic mass is 16.3. The third-order valence-corrected chi connectivity index (χ3v) is 3.39. The highest BCUT2D eigenvalue weighted by molar-refractivity contribution is 5.81. The van der Waals surface area contributed by atoms with Gasteiger partial charge in [-0.2, -0.15) is 0 Å². The molecular weight excluding hydrogens is 224 g/mol. The van der Waals surface area contributed by atoms with E-state index < -0.39 is 0 Å². The molecule has 0 aliphatic rings. The van der Waals surface area contributed by atoms with Gasteiger partial charge in [0, 0.05) is 0 Å². The first kappa shape index (κ1) is 11.1. The number of hydrogen-bond acceptors (Lipinski definition) is 2. The maximum Gasteiger partial charge on any atom is 0.142 e. The summed E-state index contributed by atoms with van der Waals surface area (Å²) in [6.45, 7) is 8.14. The number of imidazole rings is 1. The summed E-state index contributed by atoms with van der Waals surface area (Å²) in [6.07, 6.45) is 0. The number of rotatable bonds is 1. The zero-order valence-corrected chi connectivity index (χ0v) is 11.1. The van der Waals surface area contributed by atoms with Gasteiger partial charge < -0.3 is 9.40 Å². The lowest BCUT2D eigenvalue weighted by molar-refractivity contribution is 0.505. The predicted octanol–water partition coefficient (Wildman–Crippen LogP) is 4.06. The highest BCUT2D eigenvalue weighted by Gasteiger charge is 2.12. The molecule has 0 bridgehead atoms. The molecule has 0 aliphatic carbocycles. The maximum atomic E-state index is 5.55. The second-order valence-corrected chi connectivity index (χ2v) is 4.87. The molecule has 0 radical (unpaired) electrons. The number of aryl methyl sites for hydroxylation is 4. The fourth-order valence-corrected chi connectivity index (χ4v) is 2.26. The van der Waals surface area contributed by atoms with Gasteiger partial charge in [0.25, 0.3) is 0 Å². The first-order valence-electron chi connectivity index (χ1n) is 6.09. The quantitative estimate of drug-likeness (QED) is 0.697. The molecule has 3 aromatic rings. The molecule has 0 aliphatic heterocycles. The molecule has 0 saturated carbocycles. The van der Waals surface area contributed by atoms with Gasteiger partial charge in [0.15, 0.2) is 0 Å². The summed E-state index contributed by atoms with van der Waals surface area (Å²) in [4.78, 5) is 8.01. The molecule has 3 nitrogen and oxygen atoms in total. The van der Waals surface area contributed by atoms with Gasteiger partial charge in [0.2, 0.25) is 0 Å². The maximum absolute atomic E-state index is 5.55. The third kappa shape index (κ3) is 1.63. The van der Waals surface area contributed by atoms with E-state index in [9.17, 15) is 0 Å². The number of benzene rings is 1. The minimum Gasteiger partial charge on any atom is -0.466 e. The third-order valence-electron chi connectivity index (χ3n) is 3.39. The molecule has 0 spiro atoms. The largest absolute Gasteiger partial charge is 0.466 e. The van der Waals surface area contributed by atoms with E-state index in [1.807, 2.05) is 19.9 Å². The molecule has 3 heteroatoms. The van der Waals surface area contributed by atoms with Crippen molar-refractivity contribution < 1.29 is 4.42 Å². The lowest BCUT2D eigenvalue weighted by Crippen LogP contribution is -1.79. The van der Waals surface area contributed by atoms with Gasteiger partial charge in [-0.3, -0.25) is 0 Å². The van der Waals surface area contributed by atoms with Crippen LogP contribution in [0.5, 0.6) is 0 Å². The number of furan rings is 1. The first-order chi connectivity index (χ1) is 8.54. The monoisotopic (exact) mass is 240 g/mol. The number of aromatic nitrogens is 2. The first-order valence-corrected chi connectivity index (χ1v) is 6.09. The Bertz CT molecular complexity index is 695. The molecule has 1 N–H and O–H groups in total. The summed E-state index contributed by atoms with van der Waals surface area (Å²) in [5.41, 5.74) is 5.66. The fourth-order valence-electron chi connectivity index (χ4n) is 2.26. The molecule has 0 fully saturated rings. The standard InChI is InChI=1S/C15H16N2O/c1-8-5-13-14(6-9(8)2)17-15(16-13)12-7-10(3)18-11(12)4/h5-7H,1-4H3,(H,16,17). The highest BCUT2D eigenvalue weighted by Crippen LogP contribution is 2.27. The van der Waals surface area contributed by atoms with Gasteiger partial charge in [-0.1, -0.05) is 0 Å². The summed E-state index contributed by atoms with van der Waals surface area (Å²) in [7, 11) is 0. The molecule has 92 valence electrons. The Morgan fingerprint density at radius 2 is 1.72 bits per heavy atom. The summed E-state index contributed by atoms with van der Waals surface area (Å²) >= 11 is 0. The van der Waals surface area contributed by atoms with Gasteiger partial charge in [-0.15, -0.1) is 0 Å².